The zero-order valence-electron chi connectivity index (χ0n) is 17.6. The normalized spacial score (nSPS) is 15.7. The van der Waals surface area contributed by atoms with Crippen molar-refractivity contribution in [1.82, 2.24) is 4.90 Å². The molecule has 1 atom stereocenters. The number of carbonyl (C=O) groups excluding carboxylic acids is 2. The van der Waals surface area contributed by atoms with Crippen LogP contribution in [0, 0.1) is 5.92 Å². The van der Waals surface area contributed by atoms with Gasteiger partial charge in [0.05, 0.1) is 12.7 Å². The van der Waals surface area contributed by atoms with Crippen molar-refractivity contribution < 1.29 is 23.8 Å². The van der Waals surface area contributed by atoms with E-state index in [1.165, 1.54) is 17.9 Å². The molecule has 0 aliphatic carbocycles. The monoisotopic (exact) mass is 421 g/mol. The first-order valence-corrected chi connectivity index (χ1v) is 10.7. The van der Waals surface area contributed by atoms with Gasteiger partial charge in [-0.1, -0.05) is 30.3 Å². The van der Waals surface area contributed by atoms with Gasteiger partial charge in [-0.2, -0.15) is 0 Å². The highest BCUT2D eigenvalue weighted by Gasteiger charge is 2.28. The van der Waals surface area contributed by atoms with Crippen LogP contribution in [0.15, 0.2) is 59.2 Å². The van der Waals surface area contributed by atoms with Gasteiger partial charge in [-0.05, 0) is 49.8 Å². The van der Waals surface area contributed by atoms with Crippen molar-refractivity contribution in [3.8, 4) is 5.75 Å². The Morgan fingerprint density at radius 1 is 1.16 bits per heavy atom. The molecule has 3 aromatic rings. The first-order valence-electron chi connectivity index (χ1n) is 10.7. The van der Waals surface area contributed by atoms with Gasteiger partial charge in [-0.15, -0.1) is 0 Å². The molecule has 0 bridgehead atoms. The molecular weight excluding hydrogens is 394 g/mol. The van der Waals surface area contributed by atoms with Gasteiger partial charge in [0.25, 0.3) is 5.91 Å². The number of hydrogen-bond donors (Lipinski definition) is 1. The van der Waals surface area contributed by atoms with E-state index >= 15 is 0 Å². The number of piperidine rings is 1. The summed E-state index contributed by atoms with van der Waals surface area (Å²) in [5.41, 5.74) is 2.50. The highest BCUT2D eigenvalue weighted by atomic mass is 16.5. The Kier molecular flexibility index (Phi) is 6.26. The van der Waals surface area contributed by atoms with E-state index in [4.69, 9.17) is 9.15 Å². The Morgan fingerprint density at radius 3 is 2.65 bits per heavy atom. The molecule has 1 amide bonds. The van der Waals surface area contributed by atoms with Gasteiger partial charge in [0.1, 0.15) is 11.3 Å². The number of aromatic hydroxyl groups is 1. The molecule has 0 unspecified atom stereocenters. The number of nitrogens with zero attached hydrogens (tertiary/aromatic N) is 1. The Labute approximate surface area is 181 Å². The molecule has 0 saturated carbocycles. The van der Waals surface area contributed by atoms with Crippen molar-refractivity contribution in [2.75, 3.05) is 13.1 Å². The van der Waals surface area contributed by atoms with Crippen LogP contribution in [0.3, 0.4) is 0 Å². The molecule has 4 rings (SSSR count). The average Bonchev–Trinajstić information content (AvgIpc) is 3.16. The molecule has 0 spiro atoms. The number of likely N-dealkylation sites (tertiary alicyclic amines) is 1. The summed E-state index contributed by atoms with van der Waals surface area (Å²) in [7, 11) is 0. The summed E-state index contributed by atoms with van der Waals surface area (Å²) in [5.74, 6) is 0.0462. The van der Waals surface area contributed by atoms with Gasteiger partial charge < -0.3 is 19.2 Å². The molecule has 6 nitrogen and oxygen atoms in total. The SMILES string of the molecule is C[C@@H](OC(=O)Cc1coc2cc(O)ccc12)C(=O)N1CCC(Cc2ccccc2)CC1. The van der Waals surface area contributed by atoms with Crippen LogP contribution in [0.4, 0.5) is 0 Å². The maximum Gasteiger partial charge on any atom is 0.311 e. The van der Waals surface area contributed by atoms with Crippen LogP contribution in [-0.4, -0.2) is 41.1 Å². The van der Waals surface area contributed by atoms with Crippen LogP contribution in [0.2, 0.25) is 0 Å². The van der Waals surface area contributed by atoms with Gasteiger partial charge in [-0.25, -0.2) is 0 Å². The molecule has 31 heavy (non-hydrogen) atoms. The first-order chi connectivity index (χ1) is 15.0. The molecule has 1 aliphatic heterocycles. The number of ether oxygens (including phenoxy) is 1. The maximum atomic E-state index is 12.8. The fraction of sp³-hybridized carbons (Fsp3) is 0.360. The van der Waals surface area contributed by atoms with Crippen molar-refractivity contribution in [3.05, 3.63) is 65.9 Å². The lowest BCUT2D eigenvalue weighted by Gasteiger charge is -2.33. The zero-order valence-corrected chi connectivity index (χ0v) is 17.6. The van der Waals surface area contributed by atoms with Crippen molar-refractivity contribution in [2.45, 2.75) is 38.7 Å². The standard InChI is InChI=1S/C25H27NO5/c1-17(31-24(28)14-20-16-30-23-15-21(27)7-8-22(20)23)25(29)26-11-9-19(10-12-26)13-18-5-3-2-4-6-18/h2-8,15-17,19,27H,9-14H2,1H3/t17-/m1/s1. The molecule has 162 valence electrons. The second-order valence-corrected chi connectivity index (χ2v) is 8.21. The van der Waals surface area contributed by atoms with Crippen LogP contribution in [0.5, 0.6) is 5.75 Å². The number of furan rings is 1. The largest absolute Gasteiger partial charge is 0.508 e. The Balaban J connectivity index is 1.27. The molecule has 1 aliphatic rings. The summed E-state index contributed by atoms with van der Waals surface area (Å²) in [6.45, 7) is 3.00. The molecule has 1 aromatic heterocycles. The molecule has 6 heteroatoms. The Hall–Kier alpha value is -3.28. The molecule has 2 aromatic carbocycles. The molecule has 1 fully saturated rings. The molecular formula is C25H27NO5. The molecule has 0 radical (unpaired) electrons. The maximum absolute atomic E-state index is 12.8. The predicted molar refractivity (Wildman–Crippen MR) is 117 cm³/mol. The van der Waals surface area contributed by atoms with E-state index in [1.54, 1.807) is 24.0 Å². The molecule has 2 heterocycles. The van der Waals surface area contributed by atoms with Crippen LogP contribution >= 0.6 is 0 Å². The van der Waals surface area contributed by atoms with Crippen LogP contribution in [-0.2, 0) is 27.2 Å². The van der Waals surface area contributed by atoms with Crippen molar-refractivity contribution in [1.29, 1.82) is 0 Å². The highest BCUT2D eigenvalue weighted by molar-refractivity contribution is 5.88. The quantitative estimate of drug-likeness (QED) is 0.607. The predicted octanol–water partition coefficient (Wildman–Crippen LogP) is 4.09. The Bertz CT molecular complexity index is 1050. The van der Waals surface area contributed by atoms with Crippen molar-refractivity contribution >= 4 is 22.8 Å². The fourth-order valence-electron chi connectivity index (χ4n) is 4.22. The summed E-state index contributed by atoms with van der Waals surface area (Å²) >= 11 is 0. The van der Waals surface area contributed by atoms with Gasteiger partial charge in [0.15, 0.2) is 6.10 Å². The van der Waals surface area contributed by atoms with E-state index in [1.807, 2.05) is 6.07 Å². The number of amides is 1. The smallest absolute Gasteiger partial charge is 0.311 e. The van der Waals surface area contributed by atoms with E-state index in [0.717, 1.165) is 24.6 Å². The minimum atomic E-state index is -0.819. The number of benzene rings is 2. The third kappa shape index (κ3) is 5.08. The molecule has 1 saturated heterocycles. The number of hydrogen-bond acceptors (Lipinski definition) is 5. The lowest BCUT2D eigenvalue weighted by Crippen LogP contribution is -2.44. The van der Waals surface area contributed by atoms with Crippen molar-refractivity contribution in [3.63, 3.8) is 0 Å². The molecule has 1 N–H and O–H groups in total. The zero-order chi connectivity index (χ0) is 21.8. The lowest BCUT2D eigenvalue weighted by atomic mass is 9.90. The second kappa shape index (κ2) is 9.25. The van der Waals surface area contributed by atoms with E-state index in [0.29, 0.717) is 30.2 Å². The van der Waals surface area contributed by atoms with E-state index < -0.39 is 12.1 Å². The highest BCUT2D eigenvalue weighted by Crippen LogP contribution is 2.26. The fourth-order valence-corrected chi connectivity index (χ4v) is 4.22. The number of rotatable bonds is 6. The third-order valence-electron chi connectivity index (χ3n) is 5.92. The van der Waals surface area contributed by atoms with Gasteiger partial charge in [-0.3, -0.25) is 9.59 Å². The summed E-state index contributed by atoms with van der Waals surface area (Å²) < 4.78 is 10.8. The Morgan fingerprint density at radius 2 is 1.90 bits per heavy atom. The number of esters is 1. The number of phenols is 1. The summed E-state index contributed by atoms with van der Waals surface area (Å²) in [6, 6.07) is 15.2. The summed E-state index contributed by atoms with van der Waals surface area (Å²) in [5, 5.41) is 10.3. The lowest BCUT2D eigenvalue weighted by molar-refractivity contribution is -0.159. The van der Waals surface area contributed by atoms with E-state index in [9.17, 15) is 14.7 Å². The number of carbonyl (C=O) groups is 2. The van der Waals surface area contributed by atoms with Crippen LogP contribution < -0.4 is 0 Å². The average molecular weight is 421 g/mol. The van der Waals surface area contributed by atoms with Gasteiger partial charge in [0.2, 0.25) is 0 Å². The summed E-state index contributed by atoms with van der Waals surface area (Å²) in [6.07, 6.45) is 3.61. The van der Waals surface area contributed by atoms with Crippen molar-refractivity contribution in [2.24, 2.45) is 5.92 Å². The van der Waals surface area contributed by atoms with Gasteiger partial charge >= 0.3 is 5.97 Å². The van der Waals surface area contributed by atoms with E-state index in [-0.39, 0.29) is 18.1 Å². The van der Waals surface area contributed by atoms with Gasteiger partial charge in [0, 0.05) is 30.1 Å². The topological polar surface area (TPSA) is 80.0 Å². The minimum Gasteiger partial charge on any atom is -0.508 e. The van der Waals surface area contributed by atoms with E-state index in [2.05, 4.69) is 24.3 Å². The van der Waals surface area contributed by atoms with Crippen LogP contribution in [0.25, 0.3) is 11.0 Å². The number of phenolic OH excluding ortho intramolecular Hbond substituents is 1. The third-order valence-corrected chi connectivity index (χ3v) is 5.92. The first kappa shape index (κ1) is 21.0. The second-order valence-electron chi connectivity index (χ2n) is 8.21. The minimum absolute atomic E-state index is 0.00848. The number of fused-ring (bicyclic) bond motifs is 1. The van der Waals surface area contributed by atoms with Crippen LogP contribution in [0.1, 0.15) is 30.9 Å². The summed E-state index contributed by atoms with van der Waals surface area (Å²) in [4.78, 5) is 26.9.